The quantitative estimate of drug-likeness (QED) is 0.565. The molecular weight excluding hydrogens is 430 g/mol. The lowest BCUT2D eigenvalue weighted by atomic mass is 9.94. The van der Waals surface area contributed by atoms with Gasteiger partial charge in [0.1, 0.15) is 0 Å². The monoisotopic (exact) mass is 461 g/mol. The molecule has 0 spiro atoms. The Morgan fingerprint density at radius 2 is 1.82 bits per heavy atom. The number of amides is 1. The minimum absolute atomic E-state index is 0.0884. The van der Waals surface area contributed by atoms with Crippen molar-refractivity contribution in [3.8, 4) is 0 Å². The SMILES string of the molecule is O=C(c1ccc(C[C@@H]2CC[C@H](C(O)c3ccccc3)N2)cc1)N1CCC(c2cscn2)CC1. The first-order valence-electron chi connectivity index (χ1n) is 11.9. The van der Waals surface area contributed by atoms with Crippen molar-refractivity contribution < 1.29 is 9.90 Å². The summed E-state index contributed by atoms with van der Waals surface area (Å²) in [4.78, 5) is 19.4. The number of thiazole rings is 1. The Hall–Kier alpha value is -2.54. The number of piperidine rings is 1. The molecule has 2 fully saturated rings. The maximum Gasteiger partial charge on any atom is 0.253 e. The number of aromatic nitrogens is 1. The lowest BCUT2D eigenvalue weighted by Crippen LogP contribution is -2.38. The fourth-order valence-corrected chi connectivity index (χ4v) is 5.83. The maximum atomic E-state index is 13.0. The maximum absolute atomic E-state index is 13.0. The van der Waals surface area contributed by atoms with E-state index in [0.717, 1.165) is 56.3 Å². The van der Waals surface area contributed by atoms with Crippen LogP contribution in [0.4, 0.5) is 0 Å². The van der Waals surface area contributed by atoms with Gasteiger partial charge in [-0.15, -0.1) is 11.3 Å². The van der Waals surface area contributed by atoms with E-state index >= 15 is 0 Å². The molecule has 0 radical (unpaired) electrons. The number of carbonyl (C=O) groups is 1. The number of hydrogen-bond donors (Lipinski definition) is 2. The molecule has 5 nitrogen and oxygen atoms in total. The van der Waals surface area contributed by atoms with E-state index in [1.807, 2.05) is 52.9 Å². The third-order valence-electron chi connectivity index (χ3n) is 7.13. The molecule has 0 aliphatic carbocycles. The number of carbonyl (C=O) groups excluding carboxylic acids is 1. The van der Waals surface area contributed by atoms with Gasteiger partial charge in [-0.25, -0.2) is 4.98 Å². The predicted octanol–water partition coefficient (Wildman–Crippen LogP) is 4.56. The second-order valence-electron chi connectivity index (χ2n) is 9.28. The summed E-state index contributed by atoms with van der Waals surface area (Å²) in [5.74, 6) is 0.606. The van der Waals surface area contributed by atoms with Gasteiger partial charge in [0.2, 0.25) is 0 Å². The average molecular weight is 462 g/mol. The zero-order valence-corrected chi connectivity index (χ0v) is 19.6. The summed E-state index contributed by atoms with van der Waals surface area (Å²) in [7, 11) is 0. The van der Waals surface area contributed by atoms with E-state index in [2.05, 4.69) is 27.8 Å². The molecule has 2 aliphatic rings. The van der Waals surface area contributed by atoms with E-state index in [-0.39, 0.29) is 11.9 Å². The first-order chi connectivity index (χ1) is 16.2. The van der Waals surface area contributed by atoms with Crippen LogP contribution in [-0.2, 0) is 6.42 Å². The van der Waals surface area contributed by atoms with Crippen LogP contribution in [0.5, 0.6) is 0 Å². The number of nitrogens with zero attached hydrogens (tertiary/aromatic N) is 2. The van der Waals surface area contributed by atoms with Crippen molar-refractivity contribution in [1.29, 1.82) is 0 Å². The Morgan fingerprint density at radius 3 is 2.52 bits per heavy atom. The third-order valence-corrected chi connectivity index (χ3v) is 7.74. The van der Waals surface area contributed by atoms with E-state index in [1.54, 1.807) is 11.3 Å². The van der Waals surface area contributed by atoms with Gasteiger partial charge in [0.05, 0.1) is 17.3 Å². The molecular formula is C27H31N3O2S. The van der Waals surface area contributed by atoms with Gasteiger partial charge in [-0.1, -0.05) is 42.5 Å². The van der Waals surface area contributed by atoms with Gasteiger partial charge in [-0.2, -0.15) is 0 Å². The molecule has 5 rings (SSSR count). The van der Waals surface area contributed by atoms with E-state index in [1.165, 1.54) is 11.3 Å². The smallest absolute Gasteiger partial charge is 0.253 e. The summed E-state index contributed by atoms with van der Waals surface area (Å²) in [6.45, 7) is 1.58. The average Bonchev–Trinajstić information content (AvgIpc) is 3.57. The number of aliphatic hydroxyl groups excluding tert-OH is 1. The van der Waals surface area contributed by atoms with Crippen molar-refractivity contribution in [2.24, 2.45) is 0 Å². The summed E-state index contributed by atoms with van der Waals surface area (Å²) in [6.07, 6.45) is 4.41. The van der Waals surface area contributed by atoms with Gasteiger partial charge in [-0.3, -0.25) is 4.79 Å². The van der Waals surface area contributed by atoms with Crippen LogP contribution >= 0.6 is 11.3 Å². The molecule has 33 heavy (non-hydrogen) atoms. The molecule has 3 atom stereocenters. The Morgan fingerprint density at radius 1 is 1.06 bits per heavy atom. The molecule has 1 unspecified atom stereocenters. The molecule has 2 N–H and O–H groups in total. The minimum Gasteiger partial charge on any atom is -0.387 e. The molecule has 3 heterocycles. The molecule has 172 valence electrons. The number of aliphatic hydroxyl groups is 1. The lowest BCUT2D eigenvalue weighted by molar-refractivity contribution is 0.0712. The van der Waals surface area contributed by atoms with Gasteiger partial charge in [0, 0.05) is 42.0 Å². The Bertz CT molecular complexity index is 1030. The van der Waals surface area contributed by atoms with Crippen molar-refractivity contribution in [3.63, 3.8) is 0 Å². The van der Waals surface area contributed by atoms with E-state index in [0.29, 0.717) is 12.0 Å². The van der Waals surface area contributed by atoms with Crippen LogP contribution in [0, 0.1) is 0 Å². The fourth-order valence-electron chi connectivity index (χ4n) is 5.20. The van der Waals surface area contributed by atoms with Crippen LogP contribution in [0.1, 0.15) is 64.9 Å². The van der Waals surface area contributed by atoms with Crippen LogP contribution in [-0.4, -0.2) is 46.1 Å². The topological polar surface area (TPSA) is 65.5 Å². The van der Waals surface area contributed by atoms with Crippen molar-refractivity contribution in [1.82, 2.24) is 15.2 Å². The Labute approximate surface area is 199 Å². The second-order valence-corrected chi connectivity index (χ2v) is 10.0. The molecule has 2 aliphatic heterocycles. The summed E-state index contributed by atoms with van der Waals surface area (Å²) in [5.41, 5.74) is 6.02. The highest BCUT2D eigenvalue weighted by Gasteiger charge is 2.30. The predicted molar refractivity (Wildman–Crippen MR) is 131 cm³/mol. The van der Waals surface area contributed by atoms with Gasteiger partial charge in [-0.05, 0) is 55.4 Å². The highest BCUT2D eigenvalue weighted by molar-refractivity contribution is 7.07. The van der Waals surface area contributed by atoms with Gasteiger partial charge in [0.15, 0.2) is 0 Å². The number of nitrogens with one attached hydrogen (secondary N) is 1. The summed E-state index contributed by atoms with van der Waals surface area (Å²) < 4.78 is 0. The lowest BCUT2D eigenvalue weighted by Gasteiger charge is -2.31. The fraction of sp³-hybridized carbons (Fsp3) is 0.407. The minimum atomic E-state index is -0.476. The van der Waals surface area contributed by atoms with Crippen molar-refractivity contribution in [2.75, 3.05) is 13.1 Å². The zero-order chi connectivity index (χ0) is 22.6. The van der Waals surface area contributed by atoms with E-state index in [4.69, 9.17) is 0 Å². The van der Waals surface area contributed by atoms with Crippen LogP contribution in [0.25, 0.3) is 0 Å². The van der Waals surface area contributed by atoms with Gasteiger partial charge >= 0.3 is 0 Å². The van der Waals surface area contributed by atoms with Crippen molar-refractivity contribution in [3.05, 3.63) is 87.9 Å². The molecule has 1 aromatic heterocycles. The zero-order valence-electron chi connectivity index (χ0n) is 18.8. The summed E-state index contributed by atoms with van der Waals surface area (Å²) in [5, 5.41) is 16.4. The Balaban J connectivity index is 1.12. The second kappa shape index (κ2) is 10.2. The first-order valence-corrected chi connectivity index (χ1v) is 12.9. The van der Waals surface area contributed by atoms with Gasteiger partial charge in [0.25, 0.3) is 5.91 Å². The van der Waals surface area contributed by atoms with Crippen molar-refractivity contribution >= 4 is 17.2 Å². The van der Waals surface area contributed by atoms with Crippen LogP contribution in [0.3, 0.4) is 0 Å². The molecule has 2 saturated heterocycles. The number of rotatable bonds is 6. The number of benzene rings is 2. The van der Waals surface area contributed by atoms with Crippen LogP contribution in [0.2, 0.25) is 0 Å². The molecule has 2 aromatic carbocycles. The van der Waals surface area contributed by atoms with Crippen molar-refractivity contribution in [2.45, 2.75) is 56.2 Å². The van der Waals surface area contributed by atoms with E-state index in [9.17, 15) is 9.90 Å². The van der Waals surface area contributed by atoms with Gasteiger partial charge < -0.3 is 15.3 Å². The molecule has 6 heteroatoms. The molecule has 3 aromatic rings. The highest BCUT2D eigenvalue weighted by atomic mass is 32.1. The molecule has 0 bridgehead atoms. The standard InChI is InChI=1S/C27H31N3O2S/c31-26(21-4-2-1-3-5-21)24-11-10-23(29-24)16-19-6-8-22(9-7-19)27(32)30-14-12-20(13-15-30)25-17-33-18-28-25/h1-9,17-18,20,23-24,26,29,31H,10-16H2/t23-,24+,26?/m0/s1. The first kappa shape index (κ1) is 22.3. The number of likely N-dealkylation sites (tertiary alicyclic amines) is 1. The molecule has 1 amide bonds. The Kier molecular flexibility index (Phi) is 6.85. The summed E-state index contributed by atoms with van der Waals surface area (Å²) in [6, 6.07) is 18.4. The summed E-state index contributed by atoms with van der Waals surface area (Å²) >= 11 is 1.64. The third kappa shape index (κ3) is 5.18. The number of hydrogen-bond acceptors (Lipinski definition) is 5. The van der Waals surface area contributed by atoms with E-state index < -0.39 is 6.10 Å². The molecule has 0 saturated carbocycles. The highest BCUT2D eigenvalue weighted by Crippen LogP contribution is 2.29. The van der Waals surface area contributed by atoms with Crippen LogP contribution in [0.15, 0.2) is 65.5 Å². The largest absolute Gasteiger partial charge is 0.387 e. The van der Waals surface area contributed by atoms with Crippen LogP contribution < -0.4 is 5.32 Å². The normalized spacial score (nSPS) is 22.4.